The maximum Gasteiger partial charge on any atom is 0.0758 e. The van der Waals surface area contributed by atoms with Crippen LogP contribution in [-0.2, 0) is 0 Å². The Morgan fingerprint density at radius 1 is 0.654 bits per heavy atom. The van der Waals surface area contributed by atoms with Crippen LogP contribution >= 0.6 is 0 Å². The van der Waals surface area contributed by atoms with Crippen LogP contribution in [0.25, 0.3) is 0 Å². The lowest BCUT2D eigenvalue weighted by Gasteiger charge is -2.42. The predicted octanol–water partition coefficient (Wildman–Crippen LogP) is 5.68. The molecule has 26 heavy (non-hydrogen) atoms. The van der Waals surface area contributed by atoms with Crippen LogP contribution in [0.5, 0.6) is 0 Å². The van der Waals surface area contributed by atoms with Crippen molar-refractivity contribution in [1.82, 2.24) is 5.01 Å². The molecular weight excluding hydrogens is 320 g/mol. The molecule has 0 bridgehead atoms. The summed E-state index contributed by atoms with van der Waals surface area (Å²) in [5.41, 5.74) is 3.74. The van der Waals surface area contributed by atoms with E-state index in [2.05, 4.69) is 72.0 Å². The van der Waals surface area contributed by atoms with Gasteiger partial charge in [0.2, 0.25) is 0 Å². The topological polar surface area (TPSA) is 32.7 Å². The zero-order valence-electron chi connectivity index (χ0n) is 14.6. The molecule has 3 unspecified atom stereocenters. The first kappa shape index (κ1) is 16.5. The fourth-order valence-corrected chi connectivity index (χ4v) is 4.16. The van der Waals surface area contributed by atoms with Crippen molar-refractivity contribution in [2.24, 2.45) is 5.29 Å². The molecule has 1 heterocycles. The van der Waals surface area contributed by atoms with Gasteiger partial charge in [0.25, 0.3) is 0 Å². The standard InChI is InChI=1S/C23H22N2O/c26-24-25-17-22(19-12-6-2-7-13-19)21(18-10-4-1-5-11-18)16-23(25)20-14-8-3-9-15-20/h1-15,21-23H,16-17H2. The van der Waals surface area contributed by atoms with Gasteiger partial charge in [0.1, 0.15) is 0 Å². The predicted molar refractivity (Wildman–Crippen MR) is 105 cm³/mol. The minimum absolute atomic E-state index is 0.0128. The molecule has 130 valence electrons. The van der Waals surface area contributed by atoms with Crippen LogP contribution in [0.2, 0.25) is 0 Å². The van der Waals surface area contributed by atoms with Gasteiger partial charge in [-0.3, -0.25) is 5.01 Å². The summed E-state index contributed by atoms with van der Waals surface area (Å²) in [6.45, 7) is 0.632. The van der Waals surface area contributed by atoms with Crippen LogP contribution < -0.4 is 0 Å². The molecule has 0 spiro atoms. The lowest BCUT2D eigenvalue weighted by Crippen LogP contribution is -2.37. The molecule has 3 aromatic carbocycles. The summed E-state index contributed by atoms with van der Waals surface area (Å²) in [7, 11) is 0. The first-order valence-corrected chi connectivity index (χ1v) is 9.11. The first-order valence-electron chi connectivity index (χ1n) is 9.11. The van der Waals surface area contributed by atoms with E-state index < -0.39 is 0 Å². The van der Waals surface area contributed by atoms with E-state index in [1.807, 2.05) is 24.3 Å². The Kier molecular flexibility index (Phi) is 4.78. The van der Waals surface area contributed by atoms with Crippen LogP contribution in [0.15, 0.2) is 96.3 Å². The fourth-order valence-electron chi connectivity index (χ4n) is 4.16. The normalized spacial score (nSPS) is 22.8. The summed E-state index contributed by atoms with van der Waals surface area (Å²) in [6, 6.07) is 31.4. The summed E-state index contributed by atoms with van der Waals surface area (Å²) in [5.74, 6) is 0.595. The van der Waals surface area contributed by atoms with E-state index in [1.165, 1.54) is 11.1 Å². The molecule has 1 aliphatic heterocycles. The smallest absolute Gasteiger partial charge is 0.0758 e. The Morgan fingerprint density at radius 2 is 1.12 bits per heavy atom. The van der Waals surface area contributed by atoms with Crippen molar-refractivity contribution in [3.05, 3.63) is 113 Å². The molecule has 0 radical (unpaired) electrons. The molecule has 1 saturated heterocycles. The molecule has 4 rings (SSSR count). The summed E-state index contributed by atoms with van der Waals surface area (Å²) < 4.78 is 0. The van der Waals surface area contributed by atoms with Crippen LogP contribution in [0, 0.1) is 4.91 Å². The highest BCUT2D eigenvalue weighted by atomic mass is 16.3. The van der Waals surface area contributed by atoms with E-state index in [9.17, 15) is 4.91 Å². The Bertz CT molecular complexity index is 836. The van der Waals surface area contributed by atoms with E-state index in [4.69, 9.17) is 0 Å². The third-order valence-electron chi connectivity index (χ3n) is 5.45. The van der Waals surface area contributed by atoms with Crippen LogP contribution in [0.1, 0.15) is 41.0 Å². The Balaban J connectivity index is 1.74. The maximum absolute atomic E-state index is 11.6. The summed E-state index contributed by atoms with van der Waals surface area (Å²) in [4.78, 5) is 11.6. The van der Waals surface area contributed by atoms with E-state index >= 15 is 0 Å². The maximum atomic E-state index is 11.6. The highest BCUT2D eigenvalue weighted by Crippen LogP contribution is 2.46. The van der Waals surface area contributed by atoms with Gasteiger partial charge in [0, 0.05) is 12.5 Å². The Labute approximate surface area is 154 Å². The van der Waals surface area contributed by atoms with Gasteiger partial charge in [0.15, 0.2) is 0 Å². The van der Waals surface area contributed by atoms with Gasteiger partial charge >= 0.3 is 0 Å². The molecule has 1 aliphatic rings. The number of rotatable bonds is 4. The monoisotopic (exact) mass is 342 g/mol. The number of hydrogen-bond donors (Lipinski definition) is 0. The summed E-state index contributed by atoms with van der Waals surface area (Å²) in [5, 5.41) is 5.12. The second kappa shape index (κ2) is 7.52. The summed E-state index contributed by atoms with van der Waals surface area (Å²) in [6.07, 6.45) is 0.874. The highest BCUT2D eigenvalue weighted by molar-refractivity contribution is 5.32. The first-order chi connectivity index (χ1) is 12.9. The average molecular weight is 342 g/mol. The molecule has 0 N–H and O–H groups in total. The molecular formula is C23H22N2O. The molecule has 1 fully saturated rings. The van der Waals surface area contributed by atoms with Crippen molar-refractivity contribution >= 4 is 0 Å². The van der Waals surface area contributed by atoms with E-state index in [0.717, 1.165) is 12.0 Å². The third kappa shape index (κ3) is 3.25. The van der Waals surface area contributed by atoms with Gasteiger partial charge in [-0.25, -0.2) is 0 Å². The number of nitroso groups, excluding NO2 is 1. The van der Waals surface area contributed by atoms with Gasteiger partial charge in [-0.15, -0.1) is 4.91 Å². The number of nitrogens with zero attached hydrogens (tertiary/aromatic N) is 2. The average Bonchev–Trinajstić information content (AvgIpc) is 2.74. The lowest BCUT2D eigenvalue weighted by molar-refractivity contribution is 0.119. The molecule has 0 aliphatic carbocycles. The van der Waals surface area contributed by atoms with E-state index in [-0.39, 0.29) is 12.0 Å². The zero-order chi connectivity index (χ0) is 17.8. The Morgan fingerprint density at radius 3 is 1.62 bits per heavy atom. The zero-order valence-corrected chi connectivity index (χ0v) is 14.6. The van der Waals surface area contributed by atoms with E-state index in [0.29, 0.717) is 12.5 Å². The number of piperidine rings is 1. The minimum atomic E-state index is 0.0128. The van der Waals surface area contributed by atoms with Gasteiger partial charge in [-0.05, 0) is 29.0 Å². The van der Waals surface area contributed by atoms with Gasteiger partial charge in [-0.1, -0.05) is 91.0 Å². The molecule has 3 aromatic rings. The second-order valence-electron chi connectivity index (χ2n) is 6.90. The molecule has 3 heteroatoms. The second-order valence-corrected chi connectivity index (χ2v) is 6.90. The molecule has 0 aromatic heterocycles. The number of hydrogen-bond acceptors (Lipinski definition) is 2. The van der Waals surface area contributed by atoms with Gasteiger partial charge in [-0.2, -0.15) is 0 Å². The molecule has 0 saturated carbocycles. The van der Waals surface area contributed by atoms with Crippen molar-refractivity contribution < 1.29 is 0 Å². The Hall–Kier alpha value is -2.94. The van der Waals surface area contributed by atoms with Crippen LogP contribution in [0.4, 0.5) is 0 Å². The quantitative estimate of drug-likeness (QED) is 0.571. The largest absolute Gasteiger partial charge is 0.253 e. The van der Waals surface area contributed by atoms with Crippen molar-refractivity contribution in [3.63, 3.8) is 0 Å². The van der Waals surface area contributed by atoms with Gasteiger partial charge < -0.3 is 0 Å². The van der Waals surface area contributed by atoms with Crippen molar-refractivity contribution in [2.45, 2.75) is 24.3 Å². The van der Waals surface area contributed by atoms with Crippen molar-refractivity contribution in [2.75, 3.05) is 6.54 Å². The van der Waals surface area contributed by atoms with E-state index in [1.54, 1.807) is 5.01 Å². The molecule has 0 amide bonds. The van der Waals surface area contributed by atoms with Crippen LogP contribution in [-0.4, -0.2) is 11.6 Å². The van der Waals surface area contributed by atoms with Crippen molar-refractivity contribution in [1.29, 1.82) is 0 Å². The highest BCUT2D eigenvalue weighted by Gasteiger charge is 2.38. The van der Waals surface area contributed by atoms with Gasteiger partial charge in [0.05, 0.1) is 11.3 Å². The fraction of sp³-hybridized carbons (Fsp3) is 0.217. The van der Waals surface area contributed by atoms with Crippen molar-refractivity contribution in [3.8, 4) is 0 Å². The van der Waals surface area contributed by atoms with Crippen LogP contribution in [0.3, 0.4) is 0 Å². The SMILES string of the molecule is O=NN1CC(c2ccccc2)C(c2ccccc2)CC1c1ccccc1. The summed E-state index contributed by atoms with van der Waals surface area (Å²) >= 11 is 0. The third-order valence-corrected chi connectivity index (χ3v) is 5.45. The molecule has 3 nitrogen and oxygen atoms in total. The molecule has 3 atom stereocenters. The minimum Gasteiger partial charge on any atom is -0.253 e. The lowest BCUT2D eigenvalue weighted by atomic mass is 9.74. The number of benzene rings is 3.